The number of nitrogens with zero attached hydrogens (tertiary/aromatic N) is 4. The lowest BCUT2D eigenvalue weighted by Gasteiger charge is -2.07. The molecular formula is C21H18N6O2. The van der Waals surface area contributed by atoms with E-state index in [1.54, 1.807) is 23.9 Å². The van der Waals surface area contributed by atoms with Crippen LogP contribution in [0.25, 0.3) is 16.9 Å². The van der Waals surface area contributed by atoms with Crippen LogP contribution in [0.5, 0.6) is 11.5 Å². The van der Waals surface area contributed by atoms with Crippen molar-refractivity contribution in [2.24, 2.45) is 0 Å². The van der Waals surface area contributed by atoms with Crippen LogP contribution in [0.3, 0.4) is 0 Å². The normalized spacial score (nSPS) is 10.5. The molecule has 1 amide bonds. The van der Waals surface area contributed by atoms with Gasteiger partial charge in [-0.1, -0.05) is 17.3 Å². The van der Waals surface area contributed by atoms with E-state index >= 15 is 0 Å². The number of carbonyl (C=O) groups excluding carboxylic acids is 1. The Kier molecular flexibility index (Phi) is 4.90. The van der Waals surface area contributed by atoms with Crippen LogP contribution in [0.15, 0.2) is 73.1 Å². The highest BCUT2D eigenvalue weighted by molar-refractivity contribution is 5.92. The summed E-state index contributed by atoms with van der Waals surface area (Å²) in [6.07, 6.45) is 3.37. The molecule has 2 aromatic carbocycles. The van der Waals surface area contributed by atoms with E-state index in [9.17, 15) is 4.79 Å². The molecule has 0 atom stereocenters. The highest BCUT2D eigenvalue weighted by atomic mass is 16.5. The van der Waals surface area contributed by atoms with Crippen LogP contribution in [-0.4, -0.2) is 32.9 Å². The van der Waals surface area contributed by atoms with Crippen molar-refractivity contribution in [2.75, 3.05) is 12.8 Å². The molecule has 0 bridgehead atoms. The Balaban J connectivity index is 1.51. The summed E-state index contributed by atoms with van der Waals surface area (Å²) in [5, 5.41) is 10.9. The monoisotopic (exact) mass is 386 g/mol. The van der Waals surface area contributed by atoms with E-state index < -0.39 is 0 Å². The first-order chi connectivity index (χ1) is 14.1. The van der Waals surface area contributed by atoms with E-state index in [4.69, 9.17) is 10.5 Å². The number of benzene rings is 2. The smallest absolute Gasteiger partial charge is 0.269 e. The van der Waals surface area contributed by atoms with Gasteiger partial charge in [0, 0.05) is 30.6 Å². The van der Waals surface area contributed by atoms with Crippen molar-refractivity contribution < 1.29 is 9.53 Å². The van der Waals surface area contributed by atoms with Crippen LogP contribution >= 0.6 is 0 Å². The van der Waals surface area contributed by atoms with Crippen molar-refractivity contribution in [1.82, 2.24) is 25.3 Å². The van der Waals surface area contributed by atoms with Crippen LogP contribution < -0.4 is 15.8 Å². The zero-order chi connectivity index (χ0) is 20.2. The van der Waals surface area contributed by atoms with Crippen LogP contribution in [0.1, 0.15) is 10.5 Å². The van der Waals surface area contributed by atoms with Gasteiger partial charge in [-0.2, -0.15) is 0 Å². The summed E-state index contributed by atoms with van der Waals surface area (Å²) in [5.41, 5.74) is 9.27. The minimum Gasteiger partial charge on any atom is -0.457 e. The van der Waals surface area contributed by atoms with E-state index in [0.29, 0.717) is 22.9 Å². The Morgan fingerprint density at radius 1 is 1.07 bits per heavy atom. The lowest BCUT2D eigenvalue weighted by atomic mass is 10.1. The summed E-state index contributed by atoms with van der Waals surface area (Å²) in [6.45, 7) is 0. The van der Waals surface area contributed by atoms with Gasteiger partial charge in [0.1, 0.15) is 22.9 Å². The van der Waals surface area contributed by atoms with Gasteiger partial charge in [0.05, 0.1) is 11.9 Å². The van der Waals surface area contributed by atoms with E-state index in [1.165, 1.54) is 6.20 Å². The van der Waals surface area contributed by atoms with Gasteiger partial charge in [0.25, 0.3) is 5.91 Å². The lowest BCUT2D eigenvalue weighted by molar-refractivity contribution is 0.0958. The molecule has 0 spiro atoms. The third kappa shape index (κ3) is 4.06. The molecule has 0 aliphatic rings. The zero-order valence-electron chi connectivity index (χ0n) is 15.6. The van der Waals surface area contributed by atoms with Crippen molar-refractivity contribution in [3.63, 3.8) is 0 Å². The Labute approximate surface area is 167 Å². The van der Waals surface area contributed by atoms with Crippen molar-refractivity contribution >= 4 is 11.6 Å². The van der Waals surface area contributed by atoms with Gasteiger partial charge in [-0.3, -0.25) is 9.78 Å². The average Bonchev–Trinajstić information content (AvgIpc) is 3.24. The number of ether oxygens (including phenoxy) is 1. The van der Waals surface area contributed by atoms with Crippen molar-refractivity contribution in [1.29, 1.82) is 0 Å². The van der Waals surface area contributed by atoms with Crippen LogP contribution in [0, 0.1) is 0 Å². The summed E-state index contributed by atoms with van der Waals surface area (Å²) in [4.78, 5) is 15.7. The molecule has 0 aliphatic heterocycles. The number of rotatable bonds is 5. The summed E-state index contributed by atoms with van der Waals surface area (Å²) in [6, 6.07) is 18.1. The Morgan fingerprint density at radius 3 is 2.66 bits per heavy atom. The number of nitrogen functional groups attached to an aromatic ring is 1. The number of carbonyl (C=O) groups is 1. The van der Waals surface area contributed by atoms with Gasteiger partial charge < -0.3 is 15.8 Å². The molecule has 144 valence electrons. The average molecular weight is 386 g/mol. The number of amides is 1. The maximum Gasteiger partial charge on any atom is 0.269 e. The molecule has 8 nitrogen and oxygen atoms in total. The number of aromatic nitrogens is 4. The molecule has 4 aromatic rings. The fourth-order valence-corrected chi connectivity index (χ4v) is 2.75. The van der Waals surface area contributed by atoms with E-state index in [-0.39, 0.29) is 5.91 Å². The molecule has 3 N–H and O–H groups in total. The fraction of sp³-hybridized carbons (Fsp3) is 0.0476. The molecule has 0 fully saturated rings. The third-order valence-corrected chi connectivity index (χ3v) is 4.20. The summed E-state index contributed by atoms with van der Waals surface area (Å²) in [7, 11) is 1.55. The second-order valence-electron chi connectivity index (χ2n) is 6.23. The number of hydrogen-bond donors (Lipinski definition) is 2. The van der Waals surface area contributed by atoms with Crippen molar-refractivity contribution in [3.8, 4) is 28.4 Å². The minimum atomic E-state index is -0.270. The van der Waals surface area contributed by atoms with Gasteiger partial charge >= 0.3 is 0 Å². The van der Waals surface area contributed by atoms with Gasteiger partial charge in [-0.25, -0.2) is 4.68 Å². The number of nitrogens with two attached hydrogens (primary N) is 1. The van der Waals surface area contributed by atoms with Gasteiger partial charge in [0.2, 0.25) is 0 Å². The molecule has 29 heavy (non-hydrogen) atoms. The Morgan fingerprint density at radius 2 is 1.90 bits per heavy atom. The predicted molar refractivity (Wildman–Crippen MR) is 109 cm³/mol. The van der Waals surface area contributed by atoms with Crippen LogP contribution in [0.4, 0.5) is 5.69 Å². The maximum absolute atomic E-state index is 11.7. The second-order valence-corrected chi connectivity index (χ2v) is 6.23. The number of anilines is 1. The van der Waals surface area contributed by atoms with Crippen LogP contribution in [0.2, 0.25) is 0 Å². The molecule has 0 unspecified atom stereocenters. The van der Waals surface area contributed by atoms with Gasteiger partial charge in [0.15, 0.2) is 0 Å². The molecule has 0 saturated heterocycles. The van der Waals surface area contributed by atoms with E-state index in [2.05, 4.69) is 20.6 Å². The van der Waals surface area contributed by atoms with Crippen molar-refractivity contribution in [3.05, 3.63) is 78.8 Å². The first-order valence-electron chi connectivity index (χ1n) is 8.87. The minimum absolute atomic E-state index is 0.270. The summed E-state index contributed by atoms with van der Waals surface area (Å²) >= 11 is 0. The Bertz CT molecular complexity index is 1150. The summed E-state index contributed by atoms with van der Waals surface area (Å²) < 4.78 is 7.49. The molecular weight excluding hydrogens is 368 g/mol. The molecule has 0 saturated carbocycles. The third-order valence-electron chi connectivity index (χ3n) is 4.20. The molecule has 0 aliphatic carbocycles. The first-order valence-corrected chi connectivity index (χ1v) is 8.87. The number of pyridine rings is 1. The maximum atomic E-state index is 11.7. The summed E-state index contributed by atoms with van der Waals surface area (Å²) in [5.74, 6) is 0.878. The first kappa shape index (κ1) is 18.2. The number of hydrogen-bond acceptors (Lipinski definition) is 6. The van der Waals surface area contributed by atoms with Gasteiger partial charge in [-0.15, -0.1) is 5.10 Å². The van der Waals surface area contributed by atoms with Crippen LogP contribution in [-0.2, 0) is 0 Å². The SMILES string of the molecule is CNC(=O)c1cc(Oc2ccc(-n3cc(-c4cccc(N)c4)nn3)cc2)ccn1. The van der Waals surface area contributed by atoms with E-state index in [0.717, 1.165) is 16.9 Å². The highest BCUT2D eigenvalue weighted by Crippen LogP contribution is 2.24. The Hall–Kier alpha value is -4.20. The quantitative estimate of drug-likeness (QED) is 0.510. The molecule has 8 heteroatoms. The molecule has 4 rings (SSSR count). The lowest BCUT2D eigenvalue weighted by Crippen LogP contribution is -2.18. The largest absolute Gasteiger partial charge is 0.457 e. The molecule has 2 heterocycles. The zero-order valence-corrected chi connectivity index (χ0v) is 15.6. The molecule has 0 radical (unpaired) electrons. The molecule has 2 aromatic heterocycles. The standard InChI is InChI=1S/C21H18N6O2/c1-23-21(28)19-12-18(9-10-24-19)29-17-7-5-16(6-8-17)27-13-20(25-26-27)14-3-2-4-15(22)11-14/h2-13H,22H2,1H3,(H,23,28). The predicted octanol–water partition coefficient (Wildman–Crippen LogP) is 3.06. The number of nitrogens with one attached hydrogen (secondary N) is 1. The fourth-order valence-electron chi connectivity index (χ4n) is 2.75. The highest BCUT2D eigenvalue weighted by Gasteiger charge is 2.08. The second kappa shape index (κ2) is 7.81. The topological polar surface area (TPSA) is 108 Å². The van der Waals surface area contributed by atoms with Crippen molar-refractivity contribution in [2.45, 2.75) is 0 Å². The van der Waals surface area contributed by atoms with E-state index in [1.807, 2.05) is 54.7 Å². The van der Waals surface area contributed by atoms with Gasteiger partial charge in [-0.05, 0) is 42.5 Å².